The summed E-state index contributed by atoms with van der Waals surface area (Å²) in [5, 5.41) is 3.17. The fourth-order valence-corrected chi connectivity index (χ4v) is 0.962. The number of ether oxygens (including phenoxy) is 2. The van der Waals surface area contributed by atoms with E-state index in [1.54, 1.807) is 0 Å². The van der Waals surface area contributed by atoms with Gasteiger partial charge in [0, 0.05) is 6.54 Å². The molecule has 0 bridgehead atoms. The van der Waals surface area contributed by atoms with E-state index in [2.05, 4.69) is 12.2 Å². The van der Waals surface area contributed by atoms with Crippen molar-refractivity contribution in [2.24, 2.45) is 0 Å². The molecular formula is C11H23NO3. The summed E-state index contributed by atoms with van der Waals surface area (Å²) in [5.41, 5.74) is -0.492. The topological polar surface area (TPSA) is 47.6 Å². The third-order valence-electron chi connectivity index (χ3n) is 1.55. The van der Waals surface area contributed by atoms with Gasteiger partial charge in [0.15, 0.2) is 0 Å². The van der Waals surface area contributed by atoms with Crippen molar-refractivity contribution in [1.82, 2.24) is 5.32 Å². The molecule has 4 heteroatoms. The molecule has 0 aliphatic carbocycles. The maximum absolute atomic E-state index is 11.2. The van der Waals surface area contributed by atoms with Crippen LogP contribution in [-0.4, -0.2) is 30.9 Å². The predicted octanol–water partition coefficient (Wildman–Crippen LogP) is 2.33. The van der Waals surface area contributed by atoms with Crippen molar-refractivity contribution in [2.45, 2.75) is 52.7 Å². The minimum Gasteiger partial charge on any atom is -0.430 e. The van der Waals surface area contributed by atoms with Crippen molar-refractivity contribution in [3.05, 3.63) is 0 Å². The molecule has 0 amide bonds. The highest BCUT2D eigenvalue weighted by Gasteiger charge is 2.19. The van der Waals surface area contributed by atoms with Gasteiger partial charge in [0.1, 0.15) is 11.7 Å². The average Bonchev–Trinajstić information content (AvgIpc) is 2.00. The molecule has 0 aliphatic heterocycles. The molecule has 0 spiro atoms. The van der Waals surface area contributed by atoms with Gasteiger partial charge in [-0.15, -0.1) is 0 Å². The van der Waals surface area contributed by atoms with E-state index in [-0.39, 0.29) is 6.10 Å². The molecule has 0 aromatic heterocycles. The predicted molar refractivity (Wildman–Crippen MR) is 59.9 cm³/mol. The third-order valence-corrected chi connectivity index (χ3v) is 1.55. The number of rotatable bonds is 5. The Morgan fingerprint density at radius 3 is 2.47 bits per heavy atom. The lowest BCUT2D eigenvalue weighted by atomic mass is 10.2. The van der Waals surface area contributed by atoms with Crippen molar-refractivity contribution >= 4 is 6.16 Å². The van der Waals surface area contributed by atoms with Gasteiger partial charge in [0.25, 0.3) is 0 Å². The summed E-state index contributed by atoms with van der Waals surface area (Å²) >= 11 is 0. The average molecular weight is 217 g/mol. The molecule has 0 rings (SSSR count). The molecule has 4 nitrogen and oxygen atoms in total. The molecule has 0 saturated carbocycles. The zero-order valence-electron chi connectivity index (χ0n) is 10.4. The Morgan fingerprint density at radius 1 is 1.40 bits per heavy atom. The minimum absolute atomic E-state index is 0.161. The van der Waals surface area contributed by atoms with Gasteiger partial charge < -0.3 is 14.8 Å². The summed E-state index contributed by atoms with van der Waals surface area (Å²) in [4.78, 5) is 11.2. The molecule has 90 valence electrons. The first-order chi connectivity index (χ1) is 6.85. The van der Waals surface area contributed by atoms with Gasteiger partial charge in [-0.05, 0) is 40.7 Å². The monoisotopic (exact) mass is 217 g/mol. The fraction of sp³-hybridized carbons (Fsp3) is 0.909. The van der Waals surface area contributed by atoms with Crippen LogP contribution in [0.5, 0.6) is 0 Å². The molecule has 0 aromatic carbocycles. The number of hydrogen-bond donors (Lipinski definition) is 1. The zero-order valence-corrected chi connectivity index (χ0v) is 10.4. The molecule has 0 radical (unpaired) electrons. The molecule has 0 saturated heterocycles. The van der Waals surface area contributed by atoms with Crippen LogP contribution in [0.15, 0.2) is 0 Å². The van der Waals surface area contributed by atoms with Crippen LogP contribution in [0.2, 0.25) is 0 Å². The SMILES string of the molecule is CCCNCC(C)OC(=O)OC(C)(C)C. The van der Waals surface area contributed by atoms with Crippen LogP contribution in [0.25, 0.3) is 0 Å². The van der Waals surface area contributed by atoms with Gasteiger partial charge in [-0.25, -0.2) is 4.79 Å². The first kappa shape index (κ1) is 14.2. The maximum atomic E-state index is 11.2. The standard InChI is InChI=1S/C11H23NO3/c1-6-7-12-8-9(2)14-10(13)15-11(3,4)5/h9,12H,6-8H2,1-5H3. The molecular weight excluding hydrogens is 194 g/mol. The summed E-state index contributed by atoms with van der Waals surface area (Å²) in [6.45, 7) is 11.0. The summed E-state index contributed by atoms with van der Waals surface area (Å²) in [7, 11) is 0. The Bertz CT molecular complexity index is 187. The number of nitrogens with one attached hydrogen (secondary N) is 1. The van der Waals surface area contributed by atoms with Crippen LogP contribution in [0.4, 0.5) is 4.79 Å². The molecule has 1 atom stereocenters. The lowest BCUT2D eigenvalue weighted by molar-refractivity contribution is -0.0228. The van der Waals surface area contributed by atoms with Crippen molar-refractivity contribution in [1.29, 1.82) is 0 Å². The Labute approximate surface area is 92.3 Å². The summed E-state index contributed by atoms with van der Waals surface area (Å²) in [5.74, 6) is 0. The number of hydrogen-bond acceptors (Lipinski definition) is 4. The lowest BCUT2D eigenvalue weighted by Gasteiger charge is -2.21. The largest absolute Gasteiger partial charge is 0.509 e. The van der Waals surface area contributed by atoms with Crippen molar-refractivity contribution in [3.63, 3.8) is 0 Å². The van der Waals surface area contributed by atoms with E-state index in [1.165, 1.54) is 0 Å². The highest BCUT2D eigenvalue weighted by atomic mass is 16.7. The molecule has 15 heavy (non-hydrogen) atoms. The van der Waals surface area contributed by atoms with E-state index < -0.39 is 11.8 Å². The third kappa shape index (κ3) is 9.53. The van der Waals surface area contributed by atoms with Gasteiger partial charge in [-0.1, -0.05) is 6.92 Å². The van der Waals surface area contributed by atoms with E-state index in [0.717, 1.165) is 13.0 Å². The van der Waals surface area contributed by atoms with Crippen molar-refractivity contribution in [2.75, 3.05) is 13.1 Å². The second kappa shape index (κ2) is 6.67. The van der Waals surface area contributed by atoms with Crippen LogP contribution < -0.4 is 5.32 Å². The first-order valence-electron chi connectivity index (χ1n) is 5.45. The van der Waals surface area contributed by atoms with Crippen molar-refractivity contribution < 1.29 is 14.3 Å². The van der Waals surface area contributed by atoms with Gasteiger partial charge in [0.2, 0.25) is 0 Å². The second-order valence-corrected chi connectivity index (χ2v) is 4.60. The lowest BCUT2D eigenvalue weighted by Crippen LogP contribution is -2.32. The van der Waals surface area contributed by atoms with Gasteiger partial charge >= 0.3 is 6.16 Å². The minimum atomic E-state index is -0.603. The Hall–Kier alpha value is -0.770. The van der Waals surface area contributed by atoms with E-state index >= 15 is 0 Å². The normalized spacial score (nSPS) is 13.4. The van der Waals surface area contributed by atoms with Gasteiger partial charge in [-0.3, -0.25) is 0 Å². The maximum Gasteiger partial charge on any atom is 0.509 e. The van der Waals surface area contributed by atoms with E-state index in [4.69, 9.17) is 9.47 Å². The van der Waals surface area contributed by atoms with Gasteiger partial charge in [0.05, 0.1) is 0 Å². The zero-order chi connectivity index (χ0) is 11.9. The van der Waals surface area contributed by atoms with E-state index in [0.29, 0.717) is 6.54 Å². The molecule has 0 aliphatic rings. The quantitative estimate of drug-likeness (QED) is 0.567. The molecule has 1 unspecified atom stereocenters. The molecule has 1 N–H and O–H groups in total. The Morgan fingerprint density at radius 2 is 2.00 bits per heavy atom. The molecule has 0 aromatic rings. The Balaban J connectivity index is 3.67. The van der Waals surface area contributed by atoms with Gasteiger partial charge in [-0.2, -0.15) is 0 Å². The van der Waals surface area contributed by atoms with Crippen LogP contribution in [-0.2, 0) is 9.47 Å². The summed E-state index contributed by atoms with van der Waals surface area (Å²) in [6.07, 6.45) is 0.304. The van der Waals surface area contributed by atoms with Crippen LogP contribution in [0, 0.1) is 0 Å². The van der Waals surface area contributed by atoms with Crippen LogP contribution in [0.1, 0.15) is 41.0 Å². The summed E-state index contributed by atoms with van der Waals surface area (Å²) in [6, 6.07) is 0. The van der Waals surface area contributed by atoms with Crippen LogP contribution >= 0.6 is 0 Å². The second-order valence-electron chi connectivity index (χ2n) is 4.60. The number of carbonyl (C=O) groups excluding carboxylic acids is 1. The van der Waals surface area contributed by atoms with E-state index in [9.17, 15) is 4.79 Å². The first-order valence-corrected chi connectivity index (χ1v) is 5.45. The fourth-order valence-electron chi connectivity index (χ4n) is 0.962. The smallest absolute Gasteiger partial charge is 0.430 e. The summed E-state index contributed by atoms with van der Waals surface area (Å²) < 4.78 is 10.1. The van der Waals surface area contributed by atoms with E-state index in [1.807, 2.05) is 27.7 Å². The van der Waals surface area contributed by atoms with Crippen LogP contribution in [0.3, 0.4) is 0 Å². The highest BCUT2D eigenvalue weighted by Crippen LogP contribution is 2.08. The molecule has 0 fully saturated rings. The molecule has 0 heterocycles. The number of carbonyl (C=O) groups is 1. The highest BCUT2D eigenvalue weighted by molar-refractivity contribution is 5.60. The Kier molecular flexibility index (Phi) is 6.32. The van der Waals surface area contributed by atoms with Crippen molar-refractivity contribution in [3.8, 4) is 0 Å².